The largest absolute Gasteiger partial charge is 0.396 e. The van der Waals surface area contributed by atoms with Crippen molar-refractivity contribution in [3.8, 4) is 0 Å². The van der Waals surface area contributed by atoms with E-state index in [0.717, 1.165) is 45.3 Å². The van der Waals surface area contributed by atoms with E-state index in [9.17, 15) is 10.2 Å². The summed E-state index contributed by atoms with van der Waals surface area (Å²) in [5.41, 5.74) is -0.779. The molecule has 6 heteroatoms. The molecule has 0 saturated carbocycles. The lowest BCUT2D eigenvalue weighted by molar-refractivity contribution is -0.334. The minimum Gasteiger partial charge on any atom is -0.396 e. The number of hydrogen-bond donors (Lipinski definition) is 2. The van der Waals surface area contributed by atoms with Crippen molar-refractivity contribution in [3.63, 3.8) is 0 Å². The number of allylic oxidation sites excluding steroid dienone is 1. The van der Waals surface area contributed by atoms with Crippen LogP contribution >= 0.6 is 0 Å². The summed E-state index contributed by atoms with van der Waals surface area (Å²) in [5, 5.41) is 19.5. The Bertz CT molecular complexity index is 543. The summed E-state index contributed by atoms with van der Waals surface area (Å²) >= 11 is 0. The zero-order valence-electron chi connectivity index (χ0n) is 21.5. The van der Waals surface area contributed by atoms with Gasteiger partial charge in [0.2, 0.25) is 0 Å². The molecule has 2 aliphatic heterocycles. The number of hydrogen-bond acceptors (Lipinski definition) is 6. The molecular weight excluding hydrogens is 420 g/mol. The van der Waals surface area contributed by atoms with Crippen LogP contribution in [0.2, 0.25) is 0 Å². The molecule has 2 fully saturated rings. The number of unbranched alkanes of at least 4 members (excludes halogenated alkanes) is 8. The maximum Gasteiger partial charge on any atom is 0.168 e. The van der Waals surface area contributed by atoms with Crippen molar-refractivity contribution in [2.24, 2.45) is 5.92 Å². The second kappa shape index (κ2) is 14.8. The van der Waals surface area contributed by atoms with Gasteiger partial charge in [-0.2, -0.15) is 0 Å². The molecular formula is C27H50O6. The van der Waals surface area contributed by atoms with Crippen molar-refractivity contribution < 1.29 is 29.2 Å². The Hall–Kier alpha value is -0.500. The van der Waals surface area contributed by atoms with Gasteiger partial charge in [0.1, 0.15) is 5.60 Å². The Morgan fingerprint density at radius 2 is 1.45 bits per heavy atom. The van der Waals surface area contributed by atoms with Crippen molar-refractivity contribution in [1.82, 2.24) is 0 Å². The van der Waals surface area contributed by atoms with E-state index in [1.54, 1.807) is 0 Å². The molecule has 2 saturated heterocycles. The molecule has 33 heavy (non-hydrogen) atoms. The zero-order valence-corrected chi connectivity index (χ0v) is 21.5. The first-order valence-electron chi connectivity index (χ1n) is 13.4. The normalized spacial score (nSPS) is 26.9. The fourth-order valence-electron chi connectivity index (χ4n) is 5.10. The van der Waals surface area contributed by atoms with Crippen LogP contribution in [0.3, 0.4) is 0 Å². The van der Waals surface area contributed by atoms with Crippen molar-refractivity contribution >= 4 is 0 Å². The molecule has 2 atom stereocenters. The van der Waals surface area contributed by atoms with Crippen LogP contribution in [0, 0.1) is 5.92 Å². The molecule has 0 bridgehead atoms. The van der Waals surface area contributed by atoms with Crippen molar-refractivity contribution in [1.29, 1.82) is 0 Å². The van der Waals surface area contributed by atoms with Crippen LogP contribution in [0.4, 0.5) is 0 Å². The third kappa shape index (κ3) is 9.58. The van der Waals surface area contributed by atoms with Gasteiger partial charge in [0.15, 0.2) is 11.6 Å². The van der Waals surface area contributed by atoms with Crippen LogP contribution in [0.25, 0.3) is 0 Å². The SMILES string of the molecule is CCCCCCCC1(CCCCCC/C=C/[C@@H]2COC(C)(C)O[C@@]2(CO)CCO)OCCO1. The average molecular weight is 471 g/mol. The van der Waals surface area contributed by atoms with E-state index in [1.807, 2.05) is 13.8 Å². The van der Waals surface area contributed by atoms with Crippen molar-refractivity contribution in [2.75, 3.05) is 33.0 Å². The van der Waals surface area contributed by atoms with E-state index in [0.29, 0.717) is 13.0 Å². The van der Waals surface area contributed by atoms with Crippen LogP contribution in [0.5, 0.6) is 0 Å². The minimum atomic E-state index is -0.779. The Kier molecular flexibility index (Phi) is 12.9. The van der Waals surface area contributed by atoms with Gasteiger partial charge in [-0.25, -0.2) is 0 Å². The molecule has 0 aromatic rings. The highest BCUT2D eigenvalue weighted by molar-refractivity contribution is 5.03. The van der Waals surface area contributed by atoms with Crippen LogP contribution < -0.4 is 0 Å². The molecule has 2 N–H and O–H groups in total. The molecule has 0 radical (unpaired) electrons. The monoisotopic (exact) mass is 470 g/mol. The Balaban J connectivity index is 1.66. The summed E-state index contributed by atoms with van der Waals surface area (Å²) in [7, 11) is 0. The summed E-state index contributed by atoms with van der Waals surface area (Å²) in [4.78, 5) is 0. The third-order valence-electron chi connectivity index (χ3n) is 7.06. The van der Waals surface area contributed by atoms with E-state index in [4.69, 9.17) is 18.9 Å². The number of ether oxygens (including phenoxy) is 4. The highest BCUT2D eigenvalue weighted by Crippen LogP contribution is 2.38. The lowest BCUT2D eigenvalue weighted by Crippen LogP contribution is -2.57. The fraction of sp³-hybridized carbons (Fsp3) is 0.926. The van der Waals surface area contributed by atoms with Gasteiger partial charge < -0.3 is 29.2 Å². The number of rotatable bonds is 17. The number of aliphatic hydroxyl groups is 2. The van der Waals surface area contributed by atoms with Crippen LogP contribution in [-0.4, -0.2) is 60.4 Å². The molecule has 2 rings (SSSR count). The predicted octanol–water partition coefficient (Wildman–Crippen LogP) is 5.50. The standard InChI is InChI=1S/C27H50O6/c1-4-5-6-10-13-16-27(30-20-21-31-27)17-14-11-8-7-9-12-15-24-22-32-25(2,3)33-26(24,23-29)18-19-28/h12,15,24,28-29H,4-11,13-14,16-23H2,1-3H3/b15-12+/t24-,26-/m1/s1. The van der Waals surface area contributed by atoms with E-state index >= 15 is 0 Å². The smallest absolute Gasteiger partial charge is 0.168 e. The molecule has 0 aromatic carbocycles. The highest BCUT2D eigenvalue weighted by Gasteiger charge is 2.47. The maximum absolute atomic E-state index is 10.0. The molecule has 194 valence electrons. The van der Waals surface area contributed by atoms with Gasteiger partial charge in [-0.15, -0.1) is 0 Å². The van der Waals surface area contributed by atoms with Gasteiger partial charge >= 0.3 is 0 Å². The van der Waals surface area contributed by atoms with Crippen molar-refractivity contribution in [2.45, 2.75) is 121 Å². The lowest BCUT2D eigenvalue weighted by atomic mass is 9.83. The van der Waals surface area contributed by atoms with E-state index in [2.05, 4.69) is 19.1 Å². The second-order valence-corrected chi connectivity index (χ2v) is 10.3. The predicted molar refractivity (Wildman–Crippen MR) is 131 cm³/mol. The Morgan fingerprint density at radius 3 is 2.06 bits per heavy atom. The molecule has 0 aliphatic carbocycles. The maximum atomic E-state index is 10.0. The molecule has 0 amide bonds. The summed E-state index contributed by atoms with van der Waals surface area (Å²) < 4.78 is 23.9. The molecule has 6 nitrogen and oxygen atoms in total. The van der Waals surface area contributed by atoms with Gasteiger partial charge in [0.25, 0.3) is 0 Å². The third-order valence-corrected chi connectivity index (χ3v) is 7.06. The van der Waals surface area contributed by atoms with Gasteiger partial charge in [-0.05, 0) is 39.5 Å². The summed E-state index contributed by atoms with van der Waals surface area (Å²) in [5.74, 6) is -1.13. The van der Waals surface area contributed by atoms with Crippen molar-refractivity contribution in [3.05, 3.63) is 12.2 Å². The molecule has 0 aromatic heterocycles. The first kappa shape index (κ1) is 28.7. The Morgan fingerprint density at radius 1 is 0.818 bits per heavy atom. The van der Waals surface area contributed by atoms with E-state index < -0.39 is 11.4 Å². The van der Waals surface area contributed by atoms with Crippen LogP contribution in [0.15, 0.2) is 12.2 Å². The van der Waals surface area contributed by atoms with Gasteiger partial charge in [-0.3, -0.25) is 0 Å². The lowest BCUT2D eigenvalue weighted by Gasteiger charge is -2.48. The highest BCUT2D eigenvalue weighted by atomic mass is 16.7. The van der Waals surface area contributed by atoms with E-state index in [-0.39, 0.29) is 24.9 Å². The fourth-order valence-corrected chi connectivity index (χ4v) is 5.10. The second-order valence-electron chi connectivity index (χ2n) is 10.3. The summed E-state index contributed by atoms with van der Waals surface area (Å²) in [6, 6.07) is 0. The summed E-state index contributed by atoms with van der Waals surface area (Å²) in [6.45, 7) is 7.77. The number of aliphatic hydroxyl groups excluding tert-OH is 2. The molecule has 0 unspecified atom stereocenters. The quantitative estimate of drug-likeness (QED) is 0.216. The van der Waals surface area contributed by atoms with Gasteiger partial charge in [0.05, 0.1) is 26.4 Å². The molecule has 2 heterocycles. The first-order chi connectivity index (χ1) is 15.9. The summed E-state index contributed by atoms with van der Waals surface area (Å²) in [6.07, 6.45) is 18.7. The van der Waals surface area contributed by atoms with E-state index in [1.165, 1.54) is 44.9 Å². The first-order valence-corrected chi connectivity index (χ1v) is 13.4. The average Bonchev–Trinajstić information content (AvgIpc) is 3.25. The Labute approximate surface area is 202 Å². The van der Waals surface area contributed by atoms with Crippen LogP contribution in [-0.2, 0) is 18.9 Å². The van der Waals surface area contributed by atoms with Gasteiger partial charge in [0, 0.05) is 31.8 Å². The minimum absolute atomic E-state index is 0.0192. The topological polar surface area (TPSA) is 77.4 Å². The molecule has 2 aliphatic rings. The van der Waals surface area contributed by atoms with Crippen LogP contribution in [0.1, 0.15) is 104 Å². The molecule has 0 spiro atoms. The van der Waals surface area contributed by atoms with Gasteiger partial charge in [-0.1, -0.05) is 57.6 Å². The zero-order chi connectivity index (χ0) is 24.0.